The lowest BCUT2D eigenvalue weighted by Gasteiger charge is -2.16. The van der Waals surface area contributed by atoms with Crippen LogP contribution >= 0.6 is 0 Å². The molecule has 1 aliphatic heterocycles. The van der Waals surface area contributed by atoms with E-state index in [-0.39, 0.29) is 17.2 Å². The van der Waals surface area contributed by atoms with Crippen LogP contribution in [-0.4, -0.2) is 19.1 Å². The van der Waals surface area contributed by atoms with Gasteiger partial charge in [0.25, 0.3) is 5.91 Å². The van der Waals surface area contributed by atoms with Gasteiger partial charge in [-0.1, -0.05) is 6.07 Å². The zero-order valence-corrected chi connectivity index (χ0v) is 13.6. The monoisotopic (exact) mass is 329 g/mol. The third-order valence-corrected chi connectivity index (χ3v) is 3.73. The molecule has 1 aliphatic rings. The maximum atomic E-state index is 12.3. The van der Waals surface area contributed by atoms with Crippen molar-refractivity contribution in [2.24, 2.45) is 0 Å². The Bertz CT molecular complexity index is 811. The molecule has 1 N–H and O–H groups in total. The summed E-state index contributed by atoms with van der Waals surface area (Å²) in [6, 6.07) is 7.82. The van der Waals surface area contributed by atoms with Gasteiger partial charge in [0.05, 0.1) is 19.3 Å². The summed E-state index contributed by atoms with van der Waals surface area (Å²) in [4.78, 5) is 23.8. The van der Waals surface area contributed by atoms with Crippen molar-refractivity contribution in [3.63, 3.8) is 0 Å². The van der Waals surface area contributed by atoms with E-state index < -0.39 is 5.91 Å². The number of carbonyl (C=O) groups is 1. The molecule has 1 aromatic carbocycles. The molecule has 0 aliphatic carbocycles. The summed E-state index contributed by atoms with van der Waals surface area (Å²) in [5.41, 5.74) is 0.620. The van der Waals surface area contributed by atoms with Crippen LogP contribution in [0, 0.1) is 6.92 Å². The largest absolute Gasteiger partial charge is 0.490 e. The summed E-state index contributed by atoms with van der Waals surface area (Å²) in [7, 11) is 0. The SMILES string of the molecule is Cc1cc(=O)cc(C(=O)N[C@@H](C)c2ccc3c(c2)OCCCO3)o1. The van der Waals surface area contributed by atoms with Gasteiger partial charge in [-0.15, -0.1) is 0 Å². The maximum Gasteiger partial charge on any atom is 0.287 e. The van der Waals surface area contributed by atoms with Crippen LogP contribution in [0.15, 0.2) is 39.5 Å². The van der Waals surface area contributed by atoms with Gasteiger partial charge in [-0.2, -0.15) is 0 Å². The Morgan fingerprint density at radius 2 is 1.88 bits per heavy atom. The third kappa shape index (κ3) is 3.59. The molecule has 1 amide bonds. The van der Waals surface area contributed by atoms with E-state index in [0.717, 1.165) is 12.0 Å². The van der Waals surface area contributed by atoms with E-state index in [4.69, 9.17) is 13.9 Å². The Balaban J connectivity index is 1.77. The third-order valence-electron chi connectivity index (χ3n) is 3.73. The van der Waals surface area contributed by atoms with Crippen molar-refractivity contribution in [1.29, 1.82) is 0 Å². The van der Waals surface area contributed by atoms with Gasteiger partial charge in [-0.05, 0) is 31.5 Å². The van der Waals surface area contributed by atoms with Gasteiger partial charge < -0.3 is 19.2 Å². The Hall–Kier alpha value is -2.76. The molecule has 6 nitrogen and oxygen atoms in total. The number of hydrogen-bond acceptors (Lipinski definition) is 5. The van der Waals surface area contributed by atoms with Gasteiger partial charge in [-0.3, -0.25) is 9.59 Å². The van der Waals surface area contributed by atoms with E-state index in [0.29, 0.717) is 30.5 Å². The number of aryl methyl sites for hydroxylation is 1. The van der Waals surface area contributed by atoms with Crippen LogP contribution in [0.3, 0.4) is 0 Å². The fourth-order valence-corrected chi connectivity index (χ4v) is 2.52. The summed E-state index contributed by atoms with van der Waals surface area (Å²) < 4.78 is 16.6. The Labute approximate surface area is 139 Å². The highest BCUT2D eigenvalue weighted by Crippen LogP contribution is 2.32. The van der Waals surface area contributed by atoms with E-state index >= 15 is 0 Å². The van der Waals surface area contributed by atoms with Crippen molar-refractivity contribution in [2.45, 2.75) is 26.3 Å². The molecular formula is C18H19NO5. The Kier molecular flexibility index (Phi) is 4.55. The molecule has 0 unspecified atom stereocenters. The standard InChI is InChI=1S/C18H19NO5/c1-11-8-14(20)10-17(24-11)18(21)19-12(2)13-4-5-15-16(9-13)23-7-3-6-22-15/h4-5,8-10,12H,3,6-7H2,1-2H3,(H,19,21)/t12-/m0/s1. The van der Waals surface area contributed by atoms with Crippen molar-refractivity contribution in [3.05, 3.63) is 57.6 Å². The molecule has 0 bridgehead atoms. The van der Waals surface area contributed by atoms with Crippen LogP contribution in [0.4, 0.5) is 0 Å². The second-order valence-electron chi connectivity index (χ2n) is 5.72. The molecule has 2 heterocycles. The lowest BCUT2D eigenvalue weighted by molar-refractivity contribution is 0.0907. The number of carbonyl (C=O) groups excluding carboxylic acids is 1. The van der Waals surface area contributed by atoms with Gasteiger partial charge in [-0.25, -0.2) is 0 Å². The van der Waals surface area contributed by atoms with Crippen molar-refractivity contribution in [3.8, 4) is 11.5 Å². The van der Waals surface area contributed by atoms with Gasteiger partial charge in [0, 0.05) is 18.6 Å². The van der Waals surface area contributed by atoms with Crippen molar-refractivity contribution in [1.82, 2.24) is 5.32 Å². The van der Waals surface area contributed by atoms with Crippen molar-refractivity contribution >= 4 is 5.91 Å². The van der Waals surface area contributed by atoms with Gasteiger partial charge >= 0.3 is 0 Å². The first-order valence-corrected chi connectivity index (χ1v) is 7.85. The summed E-state index contributed by atoms with van der Waals surface area (Å²) >= 11 is 0. The molecule has 1 atom stereocenters. The Morgan fingerprint density at radius 1 is 1.12 bits per heavy atom. The quantitative estimate of drug-likeness (QED) is 0.936. The molecular weight excluding hydrogens is 310 g/mol. The van der Waals surface area contributed by atoms with Crippen LogP contribution < -0.4 is 20.2 Å². The van der Waals surface area contributed by atoms with Crippen LogP contribution in [0.1, 0.15) is 41.3 Å². The predicted octanol–water partition coefficient (Wildman–Crippen LogP) is 2.60. The first kappa shape index (κ1) is 16.1. The minimum absolute atomic E-state index is 0.00110. The van der Waals surface area contributed by atoms with Crippen LogP contribution in [0.2, 0.25) is 0 Å². The summed E-state index contributed by atoms with van der Waals surface area (Å²) in [6.45, 7) is 4.72. The molecule has 0 saturated carbocycles. The molecule has 0 spiro atoms. The lowest BCUT2D eigenvalue weighted by Crippen LogP contribution is -2.27. The normalized spacial score (nSPS) is 14.6. The number of amides is 1. The minimum atomic E-state index is -0.435. The second kappa shape index (κ2) is 6.78. The highest BCUT2D eigenvalue weighted by atomic mass is 16.5. The Morgan fingerprint density at radius 3 is 2.62 bits per heavy atom. The first-order chi connectivity index (χ1) is 11.5. The average molecular weight is 329 g/mol. The number of fused-ring (bicyclic) bond motifs is 1. The molecule has 1 aromatic heterocycles. The number of rotatable bonds is 3. The fourth-order valence-electron chi connectivity index (χ4n) is 2.52. The zero-order valence-electron chi connectivity index (χ0n) is 13.6. The van der Waals surface area contributed by atoms with Crippen molar-refractivity contribution in [2.75, 3.05) is 13.2 Å². The molecule has 126 valence electrons. The molecule has 2 aromatic rings. The van der Waals surface area contributed by atoms with E-state index in [1.54, 1.807) is 6.92 Å². The smallest absolute Gasteiger partial charge is 0.287 e. The highest BCUT2D eigenvalue weighted by molar-refractivity contribution is 5.91. The number of nitrogens with one attached hydrogen (secondary N) is 1. The van der Waals surface area contributed by atoms with E-state index in [2.05, 4.69) is 5.32 Å². The molecule has 0 fully saturated rings. The first-order valence-electron chi connectivity index (χ1n) is 7.85. The molecule has 3 rings (SSSR count). The molecule has 0 saturated heterocycles. The molecule has 24 heavy (non-hydrogen) atoms. The van der Waals surface area contributed by atoms with Gasteiger partial charge in [0.1, 0.15) is 5.76 Å². The summed E-state index contributed by atoms with van der Waals surface area (Å²) in [5.74, 6) is 1.35. The minimum Gasteiger partial charge on any atom is -0.490 e. The topological polar surface area (TPSA) is 77.8 Å². The molecule has 6 heteroatoms. The summed E-state index contributed by atoms with van der Waals surface area (Å²) in [6.07, 6.45) is 0.836. The van der Waals surface area contributed by atoms with Crippen LogP contribution in [0.5, 0.6) is 11.5 Å². The van der Waals surface area contributed by atoms with Crippen LogP contribution in [-0.2, 0) is 0 Å². The van der Waals surface area contributed by atoms with E-state index in [1.807, 2.05) is 25.1 Å². The number of ether oxygens (including phenoxy) is 2. The van der Waals surface area contributed by atoms with Gasteiger partial charge in [0.15, 0.2) is 22.7 Å². The maximum absolute atomic E-state index is 12.3. The summed E-state index contributed by atoms with van der Waals surface area (Å²) in [5, 5.41) is 2.82. The van der Waals surface area contributed by atoms with Crippen LogP contribution in [0.25, 0.3) is 0 Å². The fraction of sp³-hybridized carbons (Fsp3) is 0.333. The molecule has 0 radical (unpaired) electrons. The lowest BCUT2D eigenvalue weighted by atomic mass is 10.1. The number of hydrogen-bond donors (Lipinski definition) is 1. The van der Waals surface area contributed by atoms with Crippen molar-refractivity contribution < 1.29 is 18.7 Å². The second-order valence-corrected chi connectivity index (χ2v) is 5.72. The zero-order chi connectivity index (χ0) is 17.1. The highest BCUT2D eigenvalue weighted by Gasteiger charge is 2.17. The number of benzene rings is 1. The van der Waals surface area contributed by atoms with Gasteiger partial charge in [0.2, 0.25) is 0 Å². The van der Waals surface area contributed by atoms with E-state index in [1.165, 1.54) is 12.1 Å². The van der Waals surface area contributed by atoms with E-state index in [9.17, 15) is 9.59 Å². The predicted molar refractivity (Wildman–Crippen MR) is 87.6 cm³/mol. The average Bonchev–Trinajstić information content (AvgIpc) is 2.78.